The number of aliphatic hydroxyl groups excluding tert-OH is 1. The molecule has 2 aromatic heterocycles. The van der Waals surface area contributed by atoms with Crippen molar-refractivity contribution in [2.45, 2.75) is 18.3 Å². The molecule has 3 rings (SSSR count). The summed E-state index contributed by atoms with van der Waals surface area (Å²) < 4.78 is 12.4. The van der Waals surface area contributed by atoms with Crippen LogP contribution in [0.15, 0.2) is 58.4 Å². The zero-order valence-corrected chi connectivity index (χ0v) is 14.5. The molecular weight excluding hydrogens is 340 g/mol. The number of carbonyl (C=O) groups excluding carboxylic acids is 1. The molecule has 25 heavy (non-hydrogen) atoms. The number of nitrogens with zero attached hydrogens (tertiary/aromatic N) is 2. The fourth-order valence-electron chi connectivity index (χ4n) is 2.37. The predicted octanol–water partition coefficient (Wildman–Crippen LogP) is 3.00. The number of carbonyl (C=O) groups is 1. The molecule has 0 spiro atoms. The molecule has 0 atom stereocenters. The maximum absolute atomic E-state index is 12.4. The number of aliphatic hydroxyl groups is 1. The molecular formula is C18H18N2O4S. The Labute approximate surface area is 149 Å². The Kier molecular flexibility index (Phi) is 5.57. The van der Waals surface area contributed by atoms with E-state index in [9.17, 15) is 9.90 Å². The molecule has 130 valence electrons. The lowest BCUT2D eigenvalue weighted by molar-refractivity contribution is 0.102. The SMILES string of the molecule is COc1cccc(C(=O)CSc2ncc(CO)n2Cc2ccco2)c1. The van der Waals surface area contributed by atoms with Crippen LogP contribution in [0.5, 0.6) is 5.75 Å². The van der Waals surface area contributed by atoms with Gasteiger partial charge >= 0.3 is 0 Å². The van der Waals surface area contributed by atoms with Crippen LogP contribution in [0, 0.1) is 0 Å². The normalized spacial score (nSPS) is 10.8. The number of aromatic nitrogens is 2. The van der Waals surface area contributed by atoms with E-state index < -0.39 is 0 Å². The summed E-state index contributed by atoms with van der Waals surface area (Å²) in [7, 11) is 1.57. The number of benzene rings is 1. The van der Waals surface area contributed by atoms with Gasteiger partial charge in [0, 0.05) is 5.56 Å². The molecule has 0 fully saturated rings. The van der Waals surface area contributed by atoms with Crippen LogP contribution in [-0.4, -0.2) is 33.3 Å². The van der Waals surface area contributed by atoms with E-state index in [1.807, 2.05) is 16.7 Å². The average molecular weight is 358 g/mol. The summed E-state index contributed by atoms with van der Waals surface area (Å²) >= 11 is 1.33. The fraction of sp³-hybridized carbons (Fsp3) is 0.222. The van der Waals surface area contributed by atoms with Gasteiger partial charge in [0.15, 0.2) is 10.9 Å². The average Bonchev–Trinajstić information content (AvgIpc) is 3.30. The van der Waals surface area contributed by atoms with E-state index in [2.05, 4.69) is 4.98 Å². The molecule has 0 aliphatic carbocycles. The van der Waals surface area contributed by atoms with E-state index in [0.29, 0.717) is 28.7 Å². The van der Waals surface area contributed by atoms with Crippen LogP contribution in [0.4, 0.5) is 0 Å². The smallest absolute Gasteiger partial charge is 0.173 e. The van der Waals surface area contributed by atoms with Crippen LogP contribution in [0.25, 0.3) is 0 Å². The summed E-state index contributed by atoms with van der Waals surface area (Å²) in [6.45, 7) is 0.330. The molecule has 0 saturated heterocycles. The molecule has 1 N–H and O–H groups in total. The molecule has 0 amide bonds. The summed E-state index contributed by atoms with van der Waals surface area (Å²) in [5.41, 5.74) is 1.27. The number of furan rings is 1. The highest BCUT2D eigenvalue weighted by atomic mass is 32.2. The molecule has 2 heterocycles. The van der Waals surface area contributed by atoms with Gasteiger partial charge in [-0.25, -0.2) is 4.98 Å². The Morgan fingerprint density at radius 1 is 1.36 bits per heavy atom. The summed E-state index contributed by atoms with van der Waals surface area (Å²) in [6, 6.07) is 10.7. The highest BCUT2D eigenvalue weighted by molar-refractivity contribution is 7.99. The predicted molar refractivity (Wildman–Crippen MR) is 94.0 cm³/mol. The van der Waals surface area contributed by atoms with Crippen LogP contribution in [0.3, 0.4) is 0 Å². The number of Topliss-reactive ketones (excluding diaryl/α,β-unsaturated/α-hetero) is 1. The summed E-state index contributed by atoms with van der Waals surface area (Å²) in [5.74, 6) is 1.64. The standard InChI is InChI=1S/C18H18N2O4S/c1-23-15-5-2-4-13(8-15)17(22)12-25-18-19-9-14(11-21)20(18)10-16-6-3-7-24-16/h2-9,21H,10-12H2,1H3. The van der Waals surface area contributed by atoms with Crippen molar-refractivity contribution < 1.29 is 19.1 Å². The Balaban J connectivity index is 1.72. The van der Waals surface area contributed by atoms with Gasteiger partial charge in [-0.05, 0) is 24.3 Å². The van der Waals surface area contributed by atoms with Gasteiger partial charge in [-0.1, -0.05) is 23.9 Å². The number of methoxy groups -OCH3 is 1. The largest absolute Gasteiger partial charge is 0.497 e. The van der Waals surface area contributed by atoms with Gasteiger partial charge < -0.3 is 18.8 Å². The lowest BCUT2D eigenvalue weighted by Crippen LogP contribution is -2.08. The first kappa shape index (κ1) is 17.3. The van der Waals surface area contributed by atoms with Crippen LogP contribution < -0.4 is 4.74 Å². The van der Waals surface area contributed by atoms with E-state index in [4.69, 9.17) is 9.15 Å². The van der Waals surface area contributed by atoms with Gasteiger partial charge in [-0.2, -0.15) is 0 Å². The number of thioether (sulfide) groups is 1. The van der Waals surface area contributed by atoms with Crippen LogP contribution in [-0.2, 0) is 13.2 Å². The zero-order chi connectivity index (χ0) is 17.6. The topological polar surface area (TPSA) is 77.5 Å². The van der Waals surface area contributed by atoms with Crippen LogP contribution in [0.1, 0.15) is 21.8 Å². The summed E-state index contributed by atoms with van der Waals surface area (Å²) in [6.07, 6.45) is 3.21. The fourth-order valence-corrected chi connectivity index (χ4v) is 3.26. The maximum atomic E-state index is 12.4. The Morgan fingerprint density at radius 2 is 2.24 bits per heavy atom. The monoisotopic (exact) mass is 358 g/mol. The Morgan fingerprint density at radius 3 is 2.96 bits per heavy atom. The second-order valence-corrected chi connectivity index (χ2v) is 6.24. The third-order valence-corrected chi connectivity index (χ3v) is 4.67. The molecule has 0 radical (unpaired) electrons. The van der Waals surface area contributed by atoms with E-state index in [1.165, 1.54) is 11.8 Å². The van der Waals surface area contributed by atoms with Crippen molar-refractivity contribution in [3.05, 3.63) is 65.9 Å². The molecule has 0 aliphatic heterocycles. The minimum atomic E-state index is -0.127. The van der Waals surface area contributed by atoms with Crippen molar-refractivity contribution >= 4 is 17.5 Å². The number of hydrogen-bond donors (Lipinski definition) is 1. The van der Waals surface area contributed by atoms with Crippen LogP contribution >= 0.6 is 11.8 Å². The van der Waals surface area contributed by atoms with Crippen LogP contribution in [0.2, 0.25) is 0 Å². The van der Waals surface area contributed by atoms with E-state index >= 15 is 0 Å². The van der Waals surface area contributed by atoms with Gasteiger partial charge in [0.2, 0.25) is 0 Å². The van der Waals surface area contributed by atoms with Gasteiger partial charge in [0.1, 0.15) is 11.5 Å². The number of imidazole rings is 1. The van der Waals surface area contributed by atoms with E-state index in [1.54, 1.807) is 43.8 Å². The maximum Gasteiger partial charge on any atom is 0.173 e. The second kappa shape index (κ2) is 8.04. The van der Waals surface area contributed by atoms with Gasteiger partial charge in [0.05, 0.1) is 44.2 Å². The highest BCUT2D eigenvalue weighted by Gasteiger charge is 2.14. The van der Waals surface area contributed by atoms with E-state index in [-0.39, 0.29) is 18.1 Å². The quantitative estimate of drug-likeness (QED) is 0.493. The lowest BCUT2D eigenvalue weighted by Gasteiger charge is -2.09. The summed E-state index contributed by atoms with van der Waals surface area (Å²) in [4.78, 5) is 16.7. The zero-order valence-electron chi connectivity index (χ0n) is 13.7. The Hall–Kier alpha value is -2.51. The minimum absolute atomic E-state index is 0.0120. The second-order valence-electron chi connectivity index (χ2n) is 5.30. The number of ketones is 1. The number of ether oxygens (including phenoxy) is 1. The van der Waals surface area contributed by atoms with Crippen molar-refractivity contribution in [3.8, 4) is 5.75 Å². The first-order chi connectivity index (χ1) is 12.2. The summed E-state index contributed by atoms with van der Waals surface area (Å²) in [5, 5.41) is 10.2. The van der Waals surface area contributed by atoms with Crippen molar-refractivity contribution in [3.63, 3.8) is 0 Å². The van der Waals surface area contributed by atoms with Crippen molar-refractivity contribution in [1.29, 1.82) is 0 Å². The number of rotatable bonds is 8. The first-order valence-corrected chi connectivity index (χ1v) is 8.67. The molecule has 0 bridgehead atoms. The third kappa shape index (κ3) is 4.12. The number of hydrogen-bond acceptors (Lipinski definition) is 6. The van der Waals surface area contributed by atoms with Crippen molar-refractivity contribution in [2.75, 3.05) is 12.9 Å². The Bertz CT molecular complexity index is 843. The first-order valence-electron chi connectivity index (χ1n) is 7.69. The molecule has 0 saturated carbocycles. The van der Waals surface area contributed by atoms with Crippen molar-refractivity contribution in [1.82, 2.24) is 9.55 Å². The van der Waals surface area contributed by atoms with Gasteiger partial charge in [-0.15, -0.1) is 0 Å². The highest BCUT2D eigenvalue weighted by Crippen LogP contribution is 2.22. The molecule has 7 heteroatoms. The van der Waals surface area contributed by atoms with Gasteiger partial charge in [0.25, 0.3) is 0 Å². The molecule has 0 unspecified atom stereocenters. The van der Waals surface area contributed by atoms with Crippen molar-refractivity contribution in [2.24, 2.45) is 0 Å². The molecule has 1 aromatic carbocycles. The minimum Gasteiger partial charge on any atom is -0.497 e. The lowest BCUT2D eigenvalue weighted by atomic mass is 10.1. The van der Waals surface area contributed by atoms with Gasteiger partial charge in [-0.3, -0.25) is 4.79 Å². The molecule has 3 aromatic rings. The molecule has 0 aliphatic rings. The third-order valence-electron chi connectivity index (χ3n) is 3.68. The van der Waals surface area contributed by atoms with E-state index in [0.717, 1.165) is 5.76 Å². The molecule has 6 nitrogen and oxygen atoms in total.